The molecule has 1 aromatic heterocycles. The molecule has 3 heteroatoms. The summed E-state index contributed by atoms with van der Waals surface area (Å²) < 4.78 is 4.97. The van der Waals surface area contributed by atoms with Gasteiger partial charge in [0, 0.05) is 6.20 Å². The number of aromatic nitrogens is 1. The van der Waals surface area contributed by atoms with E-state index in [1.54, 1.807) is 6.20 Å². The molecular weight excluding hydrogens is 178 g/mol. The summed E-state index contributed by atoms with van der Waals surface area (Å²) in [6.45, 7) is 4.40. The van der Waals surface area contributed by atoms with Gasteiger partial charge in [-0.1, -0.05) is 13.0 Å². The SMILES string of the molecule is CCCOC(=O)Cc1ncccc1C. The van der Waals surface area contributed by atoms with Gasteiger partial charge in [-0.3, -0.25) is 9.78 Å². The summed E-state index contributed by atoms with van der Waals surface area (Å²) in [5.41, 5.74) is 1.83. The molecule has 0 aliphatic carbocycles. The van der Waals surface area contributed by atoms with E-state index in [4.69, 9.17) is 4.74 Å². The molecule has 1 heterocycles. The Balaban J connectivity index is 2.52. The molecule has 0 atom stereocenters. The van der Waals surface area contributed by atoms with E-state index in [1.165, 1.54) is 0 Å². The van der Waals surface area contributed by atoms with E-state index < -0.39 is 0 Å². The first-order valence-electron chi connectivity index (χ1n) is 4.80. The van der Waals surface area contributed by atoms with Crippen molar-refractivity contribution in [3.05, 3.63) is 29.6 Å². The molecular formula is C11H15NO2. The van der Waals surface area contributed by atoms with Crippen LogP contribution < -0.4 is 0 Å². The standard InChI is InChI=1S/C11H15NO2/c1-3-7-14-11(13)8-10-9(2)5-4-6-12-10/h4-6H,3,7-8H2,1-2H3. The molecule has 0 spiro atoms. The predicted molar refractivity (Wildman–Crippen MR) is 53.9 cm³/mol. The Kier molecular flexibility index (Phi) is 4.11. The van der Waals surface area contributed by atoms with Crippen LogP contribution in [0, 0.1) is 6.92 Å². The maximum atomic E-state index is 11.3. The molecule has 14 heavy (non-hydrogen) atoms. The molecule has 0 amide bonds. The Morgan fingerprint density at radius 2 is 2.36 bits per heavy atom. The molecule has 1 aromatic rings. The molecule has 0 aliphatic rings. The van der Waals surface area contributed by atoms with Crippen molar-refractivity contribution >= 4 is 5.97 Å². The maximum absolute atomic E-state index is 11.3. The molecule has 0 saturated carbocycles. The molecule has 76 valence electrons. The first-order valence-corrected chi connectivity index (χ1v) is 4.80. The van der Waals surface area contributed by atoms with Crippen LogP contribution in [0.5, 0.6) is 0 Å². The molecule has 0 radical (unpaired) electrons. The highest BCUT2D eigenvalue weighted by Gasteiger charge is 2.06. The quantitative estimate of drug-likeness (QED) is 0.685. The summed E-state index contributed by atoms with van der Waals surface area (Å²) in [6, 6.07) is 3.80. The van der Waals surface area contributed by atoms with E-state index in [-0.39, 0.29) is 12.4 Å². The molecule has 0 aromatic carbocycles. The zero-order chi connectivity index (χ0) is 10.4. The van der Waals surface area contributed by atoms with Crippen LogP contribution in [0.1, 0.15) is 24.6 Å². The van der Waals surface area contributed by atoms with Crippen molar-refractivity contribution in [2.75, 3.05) is 6.61 Å². The summed E-state index contributed by atoms with van der Waals surface area (Å²) in [5.74, 6) is -0.200. The van der Waals surface area contributed by atoms with E-state index >= 15 is 0 Å². The van der Waals surface area contributed by atoms with Gasteiger partial charge in [0.05, 0.1) is 18.7 Å². The minimum Gasteiger partial charge on any atom is -0.465 e. The normalized spacial score (nSPS) is 9.86. The smallest absolute Gasteiger partial charge is 0.311 e. The highest BCUT2D eigenvalue weighted by molar-refractivity contribution is 5.72. The minimum atomic E-state index is -0.200. The number of ether oxygens (including phenoxy) is 1. The van der Waals surface area contributed by atoms with Gasteiger partial charge < -0.3 is 4.74 Å². The molecule has 0 bridgehead atoms. The third-order valence-electron chi connectivity index (χ3n) is 1.90. The van der Waals surface area contributed by atoms with Gasteiger partial charge in [0.15, 0.2) is 0 Å². The summed E-state index contributed by atoms with van der Waals surface area (Å²) in [4.78, 5) is 15.4. The summed E-state index contributed by atoms with van der Waals surface area (Å²) >= 11 is 0. The molecule has 0 N–H and O–H groups in total. The second-order valence-corrected chi connectivity index (χ2v) is 3.16. The molecule has 0 saturated heterocycles. The number of carbonyl (C=O) groups is 1. The Bertz CT molecular complexity index is 310. The molecule has 0 aliphatic heterocycles. The minimum absolute atomic E-state index is 0.200. The number of aryl methyl sites for hydroxylation is 1. The van der Waals surface area contributed by atoms with Crippen LogP contribution in [-0.2, 0) is 16.0 Å². The third-order valence-corrected chi connectivity index (χ3v) is 1.90. The number of pyridine rings is 1. The van der Waals surface area contributed by atoms with Crippen LogP contribution >= 0.6 is 0 Å². The van der Waals surface area contributed by atoms with E-state index in [1.807, 2.05) is 26.0 Å². The van der Waals surface area contributed by atoms with E-state index in [9.17, 15) is 4.79 Å². The number of carbonyl (C=O) groups excluding carboxylic acids is 1. The topological polar surface area (TPSA) is 39.2 Å². The van der Waals surface area contributed by atoms with E-state index in [2.05, 4.69) is 4.98 Å². The van der Waals surface area contributed by atoms with Gasteiger partial charge >= 0.3 is 5.97 Å². The van der Waals surface area contributed by atoms with Crippen LogP contribution in [0.2, 0.25) is 0 Å². The van der Waals surface area contributed by atoms with Gasteiger partial charge in [-0.15, -0.1) is 0 Å². The van der Waals surface area contributed by atoms with Crippen molar-refractivity contribution in [2.45, 2.75) is 26.7 Å². The lowest BCUT2D eigenvalue weighted by atomic mass is 10.2. The third kappa shape index (κ3) is 3.17. The highest BCUT2D eigenvalue weighted by Crippen LogP contribution is 2.04. The average Bonchev–Trinajstić information content (AvgIpc) is 2.18. The van der Waals surface area contributed by atoms with Gasteiger partial charge in [-0.2, -0.15) is 0 Å². The number of esters is 1. The van der Waals surface area contributed by atoms with Crippen molar-refractivity contribution in [1.29, 1.82) is 0 Å². The zero-order valence-electron chi connectivity index (χ0n) is 8.62. The fourth-order valence-electron chi connectivity index (χ4n) is 1.11. The van der Waals surface area contributed by atoms with Gasteiger partial charge in [-0.25, -0.2) is 0 Å². The molecule has 1 rings (SSSR count). The number of nitrogens with zero attached hydrogens (tertiary/aromatic N) is 1. The average molecular weight is 193 g/mol. The largest absolute Gasteiger partial charge is 0.465 e. The molecule has 0 fully saturated rings. The fraction of sp³-hybridized carbons (Fsp3) is 0.455. The predicted octanol–water partition coefficient (Wildman–Crippen LogP) is 1.89. The summed E-state index contributed by atoms with van der Waals surface area (Å²) in [7, 11) is 0. The lowest BCUT2D eigenvalue weighted by Crippen LogP contribution is -2.10. The second-order valence-electron chi connectivity index (χ2n) is 3.16. The number of hydrogen-bond acceptors (Lipinski definition) is 3. The highest BCUT2D eigenvalue weighted by atomic mass is 16.5. The second kappa shape index (κ2) is 5.37. The van der Waals surface area contributed by atoms with Crippen LogP contribution in [0.4, 0.5) is 0 Å². The first-order chi connectivity index (χ1) is 6.74. The summed E-state index contributed by atoms with van der Waals surface area (Å²) in [6.07, 6.45) is 2.81. The van der Waals surface area contributed by atoms with Crippen LogP contribution in [0.25, 0.3) is 0 Å². The number of hydrogen-bond donors (Lipinski definition) is 0. The van der Waals surface area contributed by atoms with Crippen molar-refractivity contribution in [3.63, 3.8) is 0 Å². The van der Waals surface area contributed by atoms with Crippen molar-refractivity contribution < 1.29 is 9.53 Å². The Hall–Kier alpha value is -1.38. The van der Waals surface area contributed by atoms with Gasteiger partial charge in [0.25, 0.3) is 0 Å². The van der Waals surface area contributed by atoms with Gasteiger partial charge in [0.2, 0.25) is 0 Å². The first kappa shape index (κ1) is 10.7. The molecule has 3 nitrogen and oxygen atoms in total. The van der Waals surface area contributed by atoms with E-state index in [0.29, 0.717) is 6.61 Å². The van der Waals surface area contributed by atoms with Crippen LogP contribution in [0.15, 0.2) is 18.3 Å². The van der Waals surface area contributed by atoms with Crippen molar-refractivity contribution in [1.82, 2.24) is 4.98 Å². The van der Waals surface area contributed by atoms with Crippen LogP contribution in [-0.4, -0.2) is 17.6 Å². The zero-order valence-corrected chi connectivity index (χ0v) is 8.62. The fourth-order valence-corrected chi connectivity index (χ4v) is 1.11. The monoisotopic (exact) mass is 193 g/mol. The lowest BCUT2D eigenvalue weighted by molar-refractivity contribution is -0.142. The van der Waals surface area contributed by atoms with Gasteiger partial charge in [0.1, 0.15) is 0 Å². The van der Waals surface area contributed by atoms with E-state index in [0.717, 1.165) is 17.7 Å². The van der Waals surface area contributed by atoms with Crippen molar-refractivity contribution in [2.24, 2.45) is 0 Å². The van der Waals surface area contributed by atoms with Crippen molar-refractivity contribution in [3.8, 4) is 0 Å². The van der Waals surface area contributed by atoms with Gasteiger partial charge in [-0.05, 0) is 25.0 Å². The maximum Gasteiger partial charge on any atom is 0.311 e. The lowest BCUT2D eigenvalue weighted by Gasteiger charge is -2.04. The van der Waals surface area contributed by atoms with Crippen LogP contribution in [0.3, 0.4) is 0 Å². The Morgan fingerprint density at radius 1 is 1.57 bits per heavy atom. The summed E-state index contributed by atoms with van der Waals surface area (Å²) in [5, 5.41) is 0. The Labute approximate surface area is 84.1 Å². The molecule has 0 unspecified atom stereocenters. The Morgan fingerprint density at radius 3 is 3.00 bits per heavy atom. The number of rotatable bonds is 4.